The quantitative estimate of drug-likeness (QED) is 0.240. The third-order valence-corrected chi connectivity index (χ3v) is 15.8. The number of aryl methyl sites for hydroxylation is 1. The summed E-state index contributed by atoms with van der Waals surface area (Å²) in [6.45, 7) is 13.4. The van der Waals surface area contributed by atoms with Gasteiger partial charge < -0.3 is 27.7 Å². The lowest BCUT2D eigenvalue weighted by atomic mass is 10.1. The molecule has 244 valence electrons. The first-order chi connectivity index (χ1) is 21.3. The van der Waals surface area contributed by atoms with Crippen molar-refractivity contribution in [3.05, 3.63) is 93.3 Å². The Morgan fingerprint density at radius 2 is 1.47 bits per heavy atom. The molecule has 3 aromatic rings. The van der Waals surface area contributed by atoms with Crippen LogP contribution in [0, 0.1) is 6.92 Å². The number of benzene rings is 2. The summed E-state index contributed by atoms with van der Waals surface area (Å²) in [5.74, 6) is 0. The summed E-state index contributed by atoms with van der Waals surface area (Å²) in [5.41, 5.74) is -2.63. The largest absolute Gasteiger partial charge is 0.405 e. The van der Waals surface area contributed by atoms with Crippen LogP contribution >= 0.6 is 7.60 Å². The molecule has 0 spiro atoms. The van der Waals surface area contributed by atoms with E-state index in [1.807, 2.05) is 36.4 Å². The van der Waals surface area contributed by atoms with Crippen LogP contribution in [-0.4, -0.2) is 61.5 Å². The molecule has 11 nitrogen and oxygen atoms in total. The summed E-state index contributed by atoms with van der Waals surface area (Å²) in [4.78, 5) is 27.6. The lowest BCUT2D eigenvalue weighted by molar-refractivity contribution is -0.176. The number of hydrogen-bond donors (Lipinski definition) is 1. The maximum Gasteiger partial charge on any atom is 0.389 e. The highest BCUT2D eigenvalue weighted by Gasteiger charge is 2.65. The number of rotatable bonds is 11. The van der Waals surface area contributed by atoms with Crippen molar-refractivity contribution in [2.45, 2.75) is 83.6 Å². The van der Waals surface area contributed by atoms with E-state index >= 15 is 0 Å². The van der Waals surface area contributed by atoms with Gasteiger partial charge in [0.15, 0.2) is 6.23 Å². The van der Waals surface area contributed by atoms with Crippen LogP contribution in [0.4, 0.5) is 0 Å². The van der Waals surface area contributed by atoms with Crippen molar-refractivity contribution in [2.24, 2.45) is 0 Å². The average molecular weight is 659 g/mol. The third-order valence-electron chi connectivity index (χ3n) is 8.39. The Morgan fingerprint density at radius 3 is 1.98 bits per heavy atom. The second kappa shape index (κ2) is 12.8. The molecule has 0 aliphatic carbocycles. The van der Waals surface area contributed by atoms with E-state index in [0.29, 0.717) is 5.56 Å². The molecule has 2 fully saturated rings. The smallest absolute Gasteiger partial charge is 0.389 e. The van der Waals surface area contributed by atoms with E-state index < -0.39 is 57.2 Å². The van der Waals surface area contributed by atoms with Gasteiger partial charge in [0.25, 0.3) is 19.4 Å². The first kappa shape index (κ1) is 33.7. The second-order valence-corrected chi connectivity index (χ2v) is 19.0. The molecule has 5 atom stereocenters. The van der Waals surface area contributed by atoms with Crippen LogP contribution in [0.25, 0.3) is 0 Å². The van der Waals surface area contributed by atoms with E-state index in [4.69, 9.17) is 27.7 Å². The van der Waals surface area contributed by atoms with Crippen LogP contribution in [0.3, 0.4) is 0 Å². The van der Waals surface area contributed by atoms with Gasteiger partial charge in [-0.1, -0.05) is 81.4 Å². The van der Waals surface area contributed by atoms with Gasteiger partial charge in [-0.2, -0.15) is 0 Å². The highest BCUT2D eigenvalue weighted by Crippen LogP contribution is 2.65. The van der Waals surface area contributed by atoms with Crippen LogP contribution in [-0.2, 0) is 32.2 Å². The Balaban J connectivity index is 1.58. The topological polar surface area (TPSA) is 127 Å². The Kier molecular flexibility index (Phi) is 9.62. The summed E-state index contributed by atoms with van der Waals surface area (Å²) >= 11 is 0. The number of hydrogen-bond acceptors (Lipinski definition) is 9. The second-order valence-electron chi connectivity index (χ2n) is 12.4. The summed E-state index contributed by atoms with van der Waals surface area (Å²) in [7, 11) is -6.94. The highest BCUT2D eigenvalue weighted by atomic mass is 31.2. The van der Waals surface area contributed by atoms with Gasteiger partial charge in [0.2, 0.25) is 0 Å². The number of fused-ring (bicyclic) bond motifs is 1. The molecule has 2 aliphatic rings. The monoisotopic (exact) mass is 658 g/mol. The van der Waals surface area contributed by atoms with Crippen molar-refractivity contribution in [3.8, 4) is 0 Å². The normalized spacial score (nSPS) is 25.4. The SMILES string of the molecule is CCOP(=O)(OCC)[C@@]1(C)O[C@@H]2[C@H](O1)[C@@H](CO[Si](c1ccccc1)(c1ccccc1)C(C)(C)C)O[C@H]2n1cc(C)c(=O)[nH]c1=O. The van der Waals surface area contributed by atoms with Gasteiger partial charge in [-0.3, -0.25) is 18.9 Å². The Bertz CT molecular complexity index is 1590. The van der Waals surface area contributed by atoms with Crippen LogP contribution < -0.4 is 21.6 Å². The molecule has 1 N–H and O–H groups in total. The van der Waals surface area contributed by atoms with E-state index in [-0.39, 0.29) is 24.9 Å². The van der Waals surface area contributed by atoms with Crippen molar-refractivity contribution < 1.29 is 32.2 Å². The molecule has 13 heteroatoms. The fourth-order valence-corrected chi connectivity index (χ4v) is 12.6. The number of ether oxygens (including phenoxy) is 3. The Hall–Kier alpha value is -2.67. The van der Waals surface area contributed by atoms with E-state index in [1.165, 1.54) is 17.7 Å². The molecule has 0 radical (unpaired) electrons. The highest BCUT2D eigenvalue weighted by molar-refractivity contribution is 7.55. The summed E-state index contributed by atoms with van der Waals surface area (Å²) < 4.78 is 53.1. The lowest BCUT2D eigenvalue weighted by Crippen LogP contribution is -2.67. The summed E-state index contributed by atoms with van der Waals surface area (Å²) in [6, 6.07) is 20.4. The van der Waals surface area contributed by atoms with Crippen molar-refractivity contribution >= 4 is 26.3 Å². The minimum absolute atomic E-state index is 0.0784. The van der Waals surface area contributed by atoms with Crippen LogP contribution in [0.5, 0.6) is 0 Å². The average Bonchev–Trinajstić information content (AvgIpc) is 3.52. The fourth-order valence-electron chi connectivity index (χ4n) is 6.35. The number of nitrogens with zero attached hydrogens (tertiary/aromatic N) is 1. The van der Waals surface area contributed by atoms with E-state index in [0.717, 1.165) is 10.4 Å². The van der Waals surface area contributed by atoms with E-state index in [9.17, 15) is 14.2 Å². The lowest BCUT2D eigenvalue weighted by Gasteiger charge is -2.43. The third kappa shape index (κ3) is 5.99. The van der Waals surface area contributed by atoms with Gasteiger partial charge in [-0.05, 0) is 36.2 Å². The summed E-state index contributed by atoms with van der Waals surface area (Å²) in [6.07, 6.45) is -2.06. The molecule has 5 rings (SSSR count). The maximum atomic E-state index is 14.0. The van der Waals surface area contributed by atoms with Gasteiger partial charge in [-0.15, -0.1) is 0 Å². The van der Waals surface area contributed by atoms with Gasteiger partial charge in [0.1, 0.15) is 18.3 Å². The predicted molar refractivity (Wildman–Crippen MR) is 173 cm³/mol. The minimum Gasteiger partial charge on any atom is -0.405 e. The molecular formula is C32H43N2O9PSi. The molecule has 0 bridgehead atoms. The van der Waals surface area contributed by atoms with Crippen LogP contribution in [0.15, 0.2) is 76.4 Å². The fraction of sp³-hybridized carbons (Fsp3) is 0.500. The molecule has 45 heavy (non-hydrogen) atoms. The molecule has 2 aromatic carbocycles. The standard InChI is InChI=1S/C32H43N2O9PSi/c1-8-38-44(37,39-9-2)32(7)42-26-25(41-29(27(26)43-32)34-20-22(3)28(35)33-30(34)36)21-40-45(31(4,5)6,23-16-12-10-13-17-23)24-18-14-11-15-19-24/h10-20,25-27,29H,8-9,21H2,1-7H3,(H,33,35,36)/t25-,26-,27-,29-,32-/m1/s1. The van der Waals surface area contributed by atoms with Gasteiger partial charge in [0.05, 0.1) is 19.8 Å². The predicted octanol–water partition coefficient (Wildman–Crippen LogP) is 4.04. The van der Waals surface area contributed by atoms with Crippen LogP contribution in [0.1, 0.15) is 53.3 Å². The van der Waals surface area contributed by atoms with Crippen LogP contribution in [0.2, 0.25) is 5.04 Å². The Labute approximate surface area is 264 Å². The molecule has 3 heterocycles. The number of nitrogens with one attached hydrogen (secondary N) is 1. The molecule has 0 unspecified atom stereocenters. The van der Waals surface area contributed by atoms with E-state index in [2.05, 4.69) is 50.0 Å². The maximum absolute atomic E-state index is 14.0. The first-order valence-corrected chi connectivity index (χ1v) is 18.7. The minimum atomic E-state index is -3.96. The number of aromatic nitrogens is 2. The van der Waals surface area contributed by atoms with Crippen molar-refractivity contribution in [1.29, 1.82) is 0 Å². The van der Waals surface area contributed by atoms with Gasteiger partial charge >= 0.3 is 13.3 Å². The molecule has 0 saturated carbocycles. The van der Waals surface area contributed by atoms with Crippen molar-refractivity contribution in [2.75, 3.05) is 19.8 Å². The van der Waals surface area contributed by atoms with Gasteiger partial charge in [0, 0.05) is 18.7 Å². The molecule has 2 aliphatic heterocycles. The molecule has 0 amide bonds. The molecule has 2 saturated heterocycles. The molecule has 1 aromatic heterocycles. The molecular weight excluding hydrogens is 615 g/mol. The van der Waals surface area contributed by atoms with Crippen molar-refractivity contribution in [3.63, 3.8) is 0 Å². The zero-order valence-corrected chi connectivity index (χ0v) is 28.7. The van der Waals surface area contributed by atoms with Gasteiger partial charge in [-0.25, -0.2) is 4.79 Å². The van der Waals surface area contributed by atoms with E-state index in [1.54, 1.807) is 20.8 Å². The zero-order valence-electron chi connectivity index (χ0n) is 26.9. The zero-order chi connectivity index (χ0) is 32.6. The number of H-pyrrole nitrogens is 1. The number of aromatic amines is 1. The summed E-state index contributed by atoms with van der Waals surface area (Å²) in [5, 5.41) is 1.88. The van der Waals surface area contributed by atoms with Crippen molar-refractivity contribution in [1.82, 2.24) is 9.55 Å². The first-order valence-electron chi connectivity index (χ1n) is 15.3. The Morgan fingerprint density at radius 1 is 0.933 bits per heavy atom.